The molecule has 0 aliphatic carbocycles. The van der Waals surface area contributed by atoms with Crippen LogP contribution in [0.25, 0.3) is 5.65 Å². The van der Waals surface area contributed by atoms with Gasteiger partial charge in [-0.2, -0.15) is 0 Å². The molecule has 1 aromatic carbocycles. The van der Waals surface area contributed by atoms with Crippen LogP contribution in [0.4, 0.5) is 0 Å². The molecule has 0 aliphatic heterocycles. The number of fused-ring (bicyclic) bond motifs is 1. The molecule has 0 spiro atoms. The van der Waals surface area contributed by atoms with Crippen LogP contribution in [0.1, 0.15) is 18.2 Å². The Morgan fingerprint density at radius 3 is 2.88 bits per heavy atom. The third-order valence-corrected chi connectivity index (χ3v) is 4.41. The molecule has 3 rings (SSSR count). The number of aromatic nitrogens is 4. The second-order valence-corrected chi connectivity index (χ2v) is 6.30. The number of esters is 1. The Morgan fingerprint density at radius 2 is 2.12 bits per heavy atom. The SMILES string of the molecule is CCOC(=O)CSc1cc(C)nn2cn[n+](Cc3ccccc3)c12. The lowest BCUT2D eigenvalue weighted by molar-refractivity contribution is -0.721. The lowest BCUT2D eigenvalue weighted by atomic mass is 10.2. The molecule has 3 aromatic rings. The van der Waals surface area contributed by atoms with Gasteiger partial charge in [0.2, 0.25) is 0 Å². The first-order valence-electron chi connectivity index (χ1n) is 7.75. The van der Waals surface area contributed by atoms with Gasteiger partial charge in [-0.3, -0.25) is 4.79 Å². The molecule has 0 unspecified atom stereocenters. The molecule has 0 N–H and O–H groups in total. The molecule has 0 bridgehead atoms. The predicted octanol–water partition coefficient (Wildman–Crippen LogP) is 2.03. The smallest absolute Gasteiger partial charge is 0.343 e. The number of benzene rings is 1. The molecule has 0 saturated carbocycles. The quantitative estimate of drug-likeness (QED) is 0.389. The van der Waals surface area contributed by atoms with Crippen LogP contribution < -0.4 is 4.68 Å². The second-order valence-electron chi connectivity index (χ2n) is 5.29. The van der Waals surface area contributed by atoms with Gasteiger partial charge in [-0.15, -0.1) is 16.4 Å². The first kappa shape index (κ1) is 16.4. The summed E-state index contributed by atoms with van der Waals surface area (Å²) in [5.41, 5.74) is 2.90. The number of nitrogens with zero attached hydrogens (tertiary/aromatic N) is 4. The van der Waals surface area contributed by atoms with Crippen LogP contribution in [-0.4, -0.2) is 33.0 Å². The number of rotatable bonds is 6. The largest absolute Gasteiger partial charge is 0.465 e. The molecular formula is C17H19N4O2S+. The van der Waals surface area contributed by atoms with Gasteiger partial charge in [-0.1, -0.05) is 39.9 Å². The molecule has 24 heavy (non-hydrogen) atoms. The fraction of sp³-hybridized carbons (Fsp3) is 0.294. The molecule has 2 aromatic heterocycles. The zero-order valence-corrected chi connectivity index (χ0v) is 14.5. The van der Waals surface area contributed by atoms with Crippen molar-refractivity contribution in [2.45, 2.75) is 25.3 Å². The lowest BCUT2D eigenvalue weighted by Gasteiger charge is -2.03. The Kier molecular flexibility index (Phi) is 5.10. The first-order valence-corrected chi connectivity index (χ1v) is 8.73. The average molecular weight is 343 g/mol. The molecule has 0 aliphatic rings. The van der Waals surface area contributed by atoms with Crippen LogP contribution in [-0.2, 0) is 16.1 Å². The van der Waals surface area contributed by atoms with Crippen molar-refractivity contribution in [3.63, 3.8) is 0 Å². The van der Waals surface area contributed by atoms with Crippen molar-refractivity contribution in [3.05, 3.63) is 54.0 Å². The molecule has 0 fully saturated rings. The van der Waals surface area contributed by atoms with Crippen LogP contribution in [0, 0.1) is 6.92 Å². The van der Waals surface area contributed by atoms with E-state index in [-0.39, 0.29) is 11.7 Å². The van der Waals surface area contributed by atoms with Crippen LogP contribution in [0.2, 0.25) is 0 Å². The predicted molar refractivity (Wildman–Crippen MR) is 90.8 cm³/mol. The van der Waals surface area contributed by atoms with E-state index in [2.05, 4.69) is 22.3 Å². The maximum atomic E-state index is 11.7. The normalized spacial score (nSPS) is 10.9. The van der Waals surface area contributed by atoms with Gasteiger partial charge < -0.3 is 4.74 Å². The zero-order chi connectivity index (χ0) is 16.9. The minimum Gasteiger partial charge on any atom is -0.465 e. The highest BCUT2D eigenvalue weighted by atomic mass is 32.2. The van der Waals surface area contributed by atoms with E-state index in [9.17, 15) is 4.79 Å². The Morgan fingerprint density at radius 1 is 1.33 bits per heavy atom. The number of carbonyl (C=O) groups excluding carboxylic acids is 1. The summed E-state index contributed by atoms with van der Waals surface area (Å²) < 4.78 is 8.66. The van der Waals surface area contributed by atoms with Crippen LogP contribution in [0.3, 0.4) is 0 Å². The van der Waals surface area contributed by atoms with E-state index in [0.717, 1.165) is 21.8 Å². The zero-order valence-electron chi connectivity index (χ0n) is 13.7. The topological polar surface area (TPSA) is 60.4 Å². The minimum atomic E-state index is -0.218. The molecule has 0 amide bonds. The summed E-state index contributed by atoms with van der Waals surface area (Å²) in [6, 6.07) is 12.1. The van der Waals surface area contributed by atoms with Crippen molar-refractivity contribution in [1.29, 1.82) is 0 Å². The van der Waals surface area contributed by atoms with Gasteiger partial charge in [0.15, 0.2) is 0 Å². The Balaban J connectivity index is 1.92. The summed E-state index contributed by atoms with van der Waals surface area (Å²) in [5, 5.41) is 8.91. The molecular weight excluding hydrogens is 324 g/mol. The lowest BCUT2D eigenvalue weighted by Crippen LogP contribution is -2.37. The van der Waals surface area contributed by atoms with Gasteiger partial charge >= 0.3 is 11.6 Å². The second kappa shape index (κ2) is 7.44. The van der Waals surface area contributed by atoms with Gasteiger partial charge in [0.1, 0.15) is 11.4 Å². The van der Waals surface area contributed by atoms with Crippen molar-refractivity contribution in [2.24, 2.45) is 0 Å². The van der Waals surface area contributed by atoms with Gasteiger partial charge in [0.25, 0.3) is 6.33 Å². The molecule has 0 saturated heterocycles. The van der Waals surface area contributed by atoms with E-state index in [1.807, 2.05) is 42.8 Å². The summed E-state index contributed by atoms with van der Waals surface area (Å²) in [5.74, 6) is 0.0490. The van der Waals surface area contributed by atoms with Gasteiger partial charge in [-0.25, -0.2) is 0 Å². The number of hydrogen-bond acceptors (Lipinski definition) is 5. The van der Waals surface area contributed by atoms with Crippen LogP contribution in [0.5, 0.6) is 0 Å². The maximum absolute atomic E-state index is 11.7. The van der Waals surface area contributed by atoms with E-state index >= 15 is 0 Å². The highest BCUT2D eigenvalue weighted by molar-refractivity contribution is 8.00. The van der Waals surface area contributed by atoms with Crippen LogP contribution >= 0.6 is 11.8 Å². The number of aryl methyl sites for hydroxylation is 1. The van der Waals surface area contributed by atoms with E-state index in [1.54, 1.807) is 10.8 Å². The average Bonchev–Trinajstić information content (AvgIpc) is 2.96. The number of thioether (sulfide) groups is 1. The van der Waals surface area contributed by atoms with Gasteiger partial charge in [0, 0.05) is 0 Å². The molecule has 124 valence electrons. The standard InChI is InChI=1S/C17H19N4O2S/c1-3-23-16(22)11-24-15-9-13(2)19-21-12-18-20(17(15)21)10-14-7-5-4-6-8-14/h4-9,12H,3,10-11H2,1-2H3/q+1. The molecule has 7 heteroatoms. The van der Waals surface area contributed by atoms with Crippen molar-refractivity contribution >= 4 is 23.4 Å². The van der Waals surface area contributed by atoms with Gasteiger partial charge in [0.05, 0.1) is 18.1 Å². The molecule has 2 heterocycles. The molecule has 6 nitrogen and oxygen atoms in total. The molecule has 0 atom stereocenters. The van der Waals surface area contributed by atoms with Crippen molar-refractivity contribution in [3.8, 4) is 0 Å². The van der Waals surface area contributed by atoms with Gasteiger partial charge in [-0.05, 0) is 30.6 Å². The highest BCUT2D eigenvalue weighted by Gasteiger charge is 2.20. The highest BCUT2D eigenvalue weighted by Crippen LogP contribution is 2.22. The Labute approximate surface area is 144 Å². The fourth-order valence-corrected chi connectivity index (χ4v) is 3.36. The van der Waals surface area contributed by atoms with E-state index in [1.165, 1.54) is 11.8 Å². The summed E-state index contributed by atoms with van der Waals surface area (Å²) in [6.45, 7) is 4.78. The van der Waals surface area contributed by atoms with Crippen molar-refractivity contribution in [1.82, 2.24) is 14.7 Å². The maximum Gasteiger partial charge on any atom is 0.343 e. The fourth-order valence-electron chi connectivity index (χ4n) is 2.42. The Hall–Kier alpha value is -2.41. The summed E-state index contributed by atoms with van der Waals surface area (Å²) >= 11 is 1.45. The first-order chi connectivity index (χ1) is 11.7. The Bertz CT molecular complexity index is 848. The van der Waals surface area contributed by atoms with E-state index in [4.69, 9.17) is 4.74 Å². The number of carbonyl (C=O) groups is 1. The summed E-state index contributed by atoms with van der Waals surface area (Å²) in [4.78, 5) is 12.6. The summed E-state index contributed by atoms with van der Waals surface area (Å²) in [6.07, 6.45) is 1.69. The monoisotopic (exact) mass is 343 g/mol. The summed E-state index contributed by atoms with van der Waals surface area (Å²) in [7, 11) is 0. The van der Waals surface area contributed by atoms with Crippen LogP contribution in [0.15, 0.2) is 47.6 Å². The third kappa shape index (κ3) is 3.73. The molecule has 0 radical (unpaired) electrons. The van der Waals surface area contributed by atoms with E-state index < -0.39 is 0 Å². The van der Waals surface area contributed by atoms with E-state index in [0.29, 0.717) is 13.2 Å². The van der Waals surface area contributed by atoms with Crippen molar-refractivity contribution < 1.29 is 14.2 Å². The number of ether oxygens (including phenoxy) is 1. The third-order valence-electron chi connectivity index (χ3n) is 3.41. The number of hydrogen-bond donors (Lipinski definition) is 0. The minimum absolute atomic E-state index is 0.218. The van der Waals surface area contributed by atoms with Crippen molar-refractivity contribution in [2.75, 3.05) is 12.4 Å².